The van der Waals surface area contributed by atoms with Gasteiger partial charge in [0.25, 0.3) is 0 Å². The molecular weight excluding hydrogens is 604 g/mol. The Hall–Kier alpha value is -5.47. The molecule has 246 valence electrons. The molecule has 0 radical (unpaired) electrons. The number of aliphatic hydroxyl groups excluding tert-OH is 1. The van der Waals surface area contributed by atoms with E-state index in [1.165, 1.54) is 4.90 Å². The molecule has 5 aromatic rings. The van der Waals surface area contributed by atoms with E-state index in [0.29, 0.717) is 0 Å². The van der Waals surface area contributed by atoms with E-state index in [1.54, 1.807) is 13.8 Å². The molecule has 0 heterocycles. The first-order valence-corrected chi connectivity index (χ1v) is 16.0. The smallest absolute Gasteiger partial charge is 0.337 e. The molecular formula is C40H40N2O6. The lowest BCUT2D eigenvalue weighted by atomic mass is 9.96. The van der Waals surface area contributed by atoms with Crippen molar-refractivity contribution in [1.82, 2.24) is 10.2 Å². The van der Waals surface area contributed by atoms with Gasteiger partial charge in [-0.2, -0.15) is 0 Å². The first-order valence-electron chi connectivity index (χ1n) is 16.0. The lowest BCUT2D eigenvalue weighted by Gasteiger charge is -2.30. The van der Waals surface area contributed by atoms with Crippen molar-refractivity contribution in [1.29, 1.82) is 0 Å². The first kappa shape index (κ1) is 33.9. The number of hydrogen-bond donors (Lipinski definition) is 2. The highest BCUT2D eigenvalue weighted by atomic mass is 16.5. The molecule has 0 aliphatic rings. The Labute approximate surface area is 280 Å². The number of hydrogen-bond acceptors (Lipinski definition) is 6. The summed E-state index contributed by atoms with van der Waals surface area (Å²) in [5.74, 6) is -1.45. The molecule has 8 heteroatoms. The van der Waals surface area contributed by atoms with Crippen LogP contribution in [0.4, 0.5) is 4.79 Å². The van der Waals surface area contributed by atoms with Crippen LogP contribution < -0.4 is 5.32 Å². The second-order valence-corrected chi connectivity index (χ2v) is 11.9. The van der Waals surface area contributed by atoms with Gasteiger partial charge in [0.15, 0.2) is 6.10 Å². The number of urea groups is 1. The third kappa shape index (κ3) is 9.08. The summed E-state index contributed by atoms with van der Waals surface area (Å²) in [4.78, 5) is 41.0. The maximum Gasteiger partial charge on any atom is 0.337 e. The van der Waals surface area contributed by atoms with Crippen LogP contribution >= 0.6 is 0 Å². The standard InChI is InChI=1S/C40H40N2O6/c1-28(2)42(25-37(43)39(45)48-27-31-14-7-4-8-15-31)40(46)41-36(38(44)47-26-30-12-5-3-6-13-30)24-29-20-22-33(23-21-29)35-19-11-17-32-16-9-10-18-34(32)35/h3-23,28,36-37,43H,24-27H2,1-2H3,(H,41,46)/t36-,37?/m0/s1. The van der Waals surface area contributed by atoms with Gasteiger partial charge in [0.05, 0.1) is 6.54 Å². The first-order chi connectivity index (χ1) is 23.3. The Morgan fingerprint density at radius 1 is 0.667 bits per heavy atom. The summed E-state index contributed by atoms with van der Waals surface area (Å²) in [5, 5.41) is 15.7. The maximum atomic E-state index is 13.6. The zero-order valence-electron chi connectivity index (χ0n) is 27.1. The van der Waals surface area contributed by atoms with E-state index in [4.69, 9.17) is 9.47 Å². The van der Waals surface area contributed by atoms with Gasteiger partial charge in [-0.3, -0.25) is 0 Å². The van der Waals surface area contributed by atoms with Crippen LogP contribution in [0.5, 0.6) is 0 Å². The Balaban J connectivity index is 1.29. The minimum absolute atomic E-state index is 0.000770. The molecule has 48 heavy (non-hydrogen) atoms. The van der Waals surface area contributed by atoms with Gasteiger partial charge in [-0.1, -0.05) is 127 Å². The summed E-state index contributed by atoms with van der Waals surface area (Å²) < 4.78 is 10.9. The van der Waals surface area contributed by atoms with Crippen LogP contribution in [0.2, 0.25) is 0 Å². The van der Waals surface area contributed by atoms with Crippen molar-refractivity contribution in [3.05, 3.63) is 144 Å². The average Bonchev–Trinajstić information content (AvgIpc) is 3.12. The summed E-state index contributed by atoms with van der Waals surface area (Å²) in [5.41, 5.74) is 4.54. The number of amides is 2. The highest BCUT2D eigenvalue weighted by Crippen LogP contribution is 2.29. The fraction of sp³-hybridized carbons (Fsp3) is 0.225. The lowest BCUT2D eigenvalue weighted by molar-refractivity contribution is -0.155. The highest BCUT2D eigenvalue weighted by Gasteiger charge is 2.30. The molecule has 0 saturated heterocycles. The highest BCUT2D eigenvalue weighted by molar-refractivity contribution is 5.96. The van der Waals surface area contributed by atoms with Crippen LogP contribution in [0.15, 0.2) is 127 Å². The van der Waals surface area contributed by atoms with Gasteiger partial charge in [-0.15, -0.1) is 0 Å². The van der Waals surface area contributed by atoms with E-state index in [9.17, 15) is 19.5 Å². The maximum absolute atomic E-state index is 13.6. The van der Waals surface area contributed by atoms with Crippen molar-refractivity contribution in [2.24, 2.45) is 0 Å². The van der Waals surface area contributed by atoms with Crippen molar-refractivity contribution < 1.29 is 29.0 Å². The van der Waals surface area contributed by atoms with Crippen LogP contribution in [-0.2, 0) is 38.7 Å². The van der Waals surface area contributed by atoms with Gasteiger partial charge in [-0.05, 0) is 52.4 Å². The summed E-state index contributed by atoms with van der Waals surface area (Å²) >= 11 is 0. The Morgan fingerprint density at radius 3 is 1.85 bits per heavy atom. The van der Waals surface area contributed by atoms with Crippen molar-refractivity contribution in [3.8, 4) is 11.1 Å². The predicted octanol–water partition coefficient (Wildman–Crippen LogP) is 6.69. The van der Waals surface area contributed by atoms with Crippen LogP contribution in [0.1, 0.15) is 30.5 Å². The van der Waals surface area contributed by atoms with Crippen molar-refractivity contribution in [3.63, 3.8) is 0 Å². The third-order valence-electron chi connectivity index (χ3n) is 8.05. The van der Waals surface area contributed by atoms with Crippen molar-refractivity contribution >= 4 is 28.7 Å². The van der Waals surface area contributed by atoms with Crippen LogP contribution in [0, 0.1) is 0 Å². The van der Waals surface area contributed by atoms with Crippen molar-refractivity contribution in [2.75, 3.05) is 6.54 Å². The SMILES string of the molecule is CC(C)N(CC(O)C(=O)OCc1ccccc1)C(=O)N[C@@H](Cc1ccc(-c2cccc3ccccc23)cc1)C(=O)OCc1ccccc1. The van der Waals surface area contributed by atoms with E-state index in [0.717, 1.165) is 38.6 Å². The number of carbonyl (C=O) groups is 3. The third-order valence-corrected chi connectivity index (χ3v) is 8.05. The Bertz CT molecular complexity index is 1800. The minimum atomic E-state index is -1.58. The summed E-state index contributed by atoms with van der Waals surface area (Å²) in [6.07, 6.45) is -1.41. The second-order valence-electron chi connectivity index (χ2n) is 11.9. The number of esters is 2. The lowest BCUT2D eigenvalue weighted by Crippen LogP contribution is -2.53. The molecule has 2 atom stereocenters. The van der Waals surface area contributed by atoms with E-state index in [-0.39, 0.29) is 26.2 Å². The van der Waals surface area contributed by atoms with E-state index >= 15 is 0 Å². The zero-order valence-corrected chi connectivity index (χ0v) is 27.1. The molecule has 2 amide bonds. The number of nitrogens with zero attached hydrogens (tertiary/aromatic N) is 1. The number of nitrogens with one attached hydrogen (secondary N) is 1. The number of fused-ring (bicyclic) bond motifs is 1. The molecule has 5 rings (SSSR count). The normalized spacial score (nSPS) is 12.2. The molecule has 0 bridgehead atoms. The fourth-order valence-corrected chi connectivity index (χ4v) is 5.40. The minimum Gasteiger partial charge on any atom is -0.459 e. The van der Waals surface area contributed by atoms with Gasteiger partial charge in [0.2, 0.25) is 0 Å². The van der Waals surface area contributed by atoms with Crippen LogP contribution in [0.3, 0.4) is 0 Å². The number of benzene rings is 5. The van der Waals surface area contributed by atoms with Crippen LogP contribution in [0.25, 0.3) is 21.9 Å². The van der Waals surface area contributed by atoms with Crippen LogP contribution in [-0.4, -0.2) is 52.7 Å². The quantitative estimate of drug-likeness (QED) is 0.139. The van der Waals surface area contributed by atoms with Gasteiger partial charge in [-0.25, -0.2) is 14.4 Å². The molecule has 1 unspecified atom stereocenters. The molecule has 0 fully saturated rings. The van der Waals surface area contributed by atoms with E-state index in [1.807, 2.05) is 103 Å². The molecule has 0 aliphatic heterocycles. The number of aliphatic hydroxyl groups is 1. The molecule has 0 aliphatic carbocycles. The van der Waals surface area contributed by atoms with Crippen molar-refractivity contribution in [2.45, 2.75) is 51.7 Å². The van der Waals surface area contributed by atoms with Gasteiger partial charge in [0, 0.05) is 12.5 Å². The number of ether oxygens (including phenoxy) is 2. The summed E-state index contributed by atoms with van der Waals surface area (Å²) in [6.45, 7) is 3.25. The molecule has 0 saturated carbocycles. The summed E-state index contributed by atoms with van der Waals surface area (Å²) in [7, 11) is 0. The van der Waals surface area contributed by atoms with E-state index in [2.05, 4.69) is 29.6 Å². The second kappa shape index (κ2) is 16.4. The molecule has 0 aromatic heterocycles. The molecule has 0 spiro atoms. The zero-order chi connectivity index (χ0) is 33.9. The van der Waals surface area contributed by atoms with Gasteiger partial charge in [0.1, 0.15) is 19.3 Å². The van der Waals surface area contributed by atoms with Gasteiger partial charge >= 0.3 is 18.0 Å². The summed E-state index contributed by atoms with van der Waals surface area (Å²) in [6, 6.07) is 38.6. The molecule has 5 aromatic carbocycles. The number of carbonyl (C=O) groups excluding carboxylic acids is 3. The van der Waals surface area contributed by atoms with Gasteiger partial charge < -0.3 is 24.8 Å². The average molecular weight is 645 g/mol. The number of rotatable bonds is 13. The monoisotopic (exact) mass is 644 g/mol. The predicted molar refractivity (Wildman–Crippen MR) is 186 cm³/mol. The van der Waals surface area contributed by atoms with E-state index < -0.39 is 36.2 Å². The molecule has 8 nitrogen and oxygen atoms in total. The molecule has 2 N–H and O–H groups in total. The largest absolute Gasteiger partial charge is 0.459 e. The fourth-order valence-electron chi connectivity index (χ4n) is 5.40. The Morgan fingerprint density at radius 2 is 1.23 bits per heavy atom. The topological polar surface area (TPSA) is 105 Å². The Kier molecular flexibility index (Phi) is 11.6.